The summed E-state index contributed by atoms with van der Waals surface area (Å²) in [5, 5.41) is 4.50. The minimum atomic E-state index is 0.576. The zero-order valence-corrected chi connectivity index (χ0v) is 16.1. The van der Waals surface area contributed by atoms with E-state index in [4.69, 9.17) is 32.7 Å². The van der Waals surface area contributed by atoms with Gasteiger partial charge in [-0.2, -0.15) is 0 Å². The molecule has 0 saturated carbocycles. The first-order valence-corrected chi connectivity index (χ1v) is 8.87. The van der Waals surface area contributed by atoms with E-state index < -0.39 is 0 Å². The van der Waals surface area contributed by atoms with Crippen LogP contribution < -0.4 is 14.8 Å². The highest BCUT2D eigenvalue weighted by Crippen LogP contribution is 2.37. The van der Waals surface area contributed by atoms with Crippen LogP contribution in [0.15, 0.2) is 34.8 Å². The third-order valence-electron chi connectivity index (χ3n) is 3.07. The molecule has 23 heavy (non-hydrogen) atoms. The molecule has 2 aromatic rings. The van der Waals surface area contributed by atoms with Crippen molar-refractivity contribution < 1.29 is 9.47 Å². The minimum absolute atomic E-state index is 0.576. The van der Waals surface area contributed by atoms with Crippen LogP contribution in [-0.2, 0) is 6.54 Å². The molecule has 0 aliphatic rings. The van der Waals surface area contributed by atoms with Gasteiger partial charge in [0.15, 0.2) is 11.5 Å². The zero-order valence-electron chi connectivity index (χ0n) is 13.0. The van der Waals surface area contributed by atoms with Gasteiger partial charge >= 0.3 is 0 Å². The lowest BCUT2D eigenvalue weighted by atomic mass is 10.2. The van der Waals surface area contributed by atoms with E-state index in [1.165, 1.54) is 0 Å². The van der Waals surface area contributed by atoms with Gasteiger partial charge in [0.05, 0.1) is 28.4 Å². The van der Waals surface area contributed by atoms with E-state index in [2.05, 4.69) is 21.2 Å². The van der Waals surface area contributed by atoms with E-state index in [0.717, 1.165) is 27.2 Å². The maximum Gasteiger partial charge on any atom is 0.175 e. The summed E-state index contributed by atoms with van der Waals surface area (Å²) in [6, 6.07) is 9.35. The Morgan fingerprint density at radius 1 is 1.04 bits per heavy atom. The average Bonchev–Trinajstić information content (AvgIpc) is 2.50. The molecule has 1 N–H and O–H groups in total. The number of nitrogens with one attached hydrogen (secondary N) is 1. The SMILES string of the molecule is CCOc1cc(CNc2ccc(Cl)cc2Cl)cc(Br)c1OCC. The number of ether oxygens (including phenoxy) is 2. The summed E-state index contributed by atoms with van der Waals surface area (Å²) in [4.78, 5) is 0. The summed E-state index contributed by atoms with van der Waals surface area (Å²) in [7, 11) is 0. The van der Waals surface area contributed by atoms with Gasteiger partial charge in [-0.1, -0.05) is 23.2 Å². The normalized spacial score (nSPS) is 10.5. The summed E-state index contributed by atoms with van der Waals surface area (Å²) in [6.07, 6.45) is 0. The number of rotatable bonds is 7. The van der Waals surface area contributed by atoms with Crippen molar-refractivity contribution in [2.45, 2.75) is 20.4 Å². The van der Waals surface area contributed by atoms with Crippen LogP contribution in [0.25, 0.3) is 0 Å². The van der Waals surface area contributed by atoms with Crippen LogP contribution in [0.2, 0.25) is 10.0 Å². The molecule has 0 aliphatic carbocycles. The lowest BCUT2D eigenvalue weighted by Crippen LogP contribution is -2.03. The molecule has 0 heterocycles. The smallest absolute Gasteiger partial charge is 0.175 e. The first kappa shape index (κ1) is 18.2. The summed E-state index contributed by atoms with van der Waals surface area (Å²) in [6.45, 7) is 5.65. The third-order valence-corrected chi connectivity index (χ3v) is 4.21. The van der Waals surface area contributed by atoms with Crippen molar-refractivity contribution in [1.29, 1.82) is 0 Å². The Kier molecular flexibility index (Phi) is 6.88. The molecule has 0 fully saturated rings. The van der Waals surface area contributed by atoms with Crippen molar-refractivity contribution in [2.24, 2.45) is 0 Å². The first-order valence-electron chi connectivity index (χ1n) is 7.32. The molecular formula is C17H18BrCl2NO2. The van der Waals surface area contributed by atoms with Gasteiger partial charge in [-0.25, -0.2) is 0 Å². The lowest BCUT2D eigenvalue weighted by Gasteiger charge is -2.15. The fourth-order valence-corrected chi connectivity index (χ4v) is 3.18. The maximum absolute atomic E-state index is 6.17. The van der Waals surface area contributed by atoms with Gasteiger partial charge in [-0.05, 0) is 65.7 Å². The third kappa shape index (κ3) is 4.93. The van der Waals surface area contributed by atoms with Gasteiger partial charge in [-0.15, -0.1) is 0 Å². The number of hydrogen-bond acceptors (Lipinski definition) is 3. The van der Waals surface area contributed by atoms with Crippen LogP contribution >= 0.6 is 39.1 Å². The molecule has 0 aliphatic heterocycles. The molecule has 0 saturated heterocycles. The van der Waals surface area contributed by atoms with Gasteiger partial charge in [0, 0.05) is 11.6 Å². The summed E-state index contributed by atoms with van der Waals surface area (Å²) in [5.74, 6) is 1.45. The minimum Gasteiger partial charge on any atom is -0.490 e. The molecule has 0 spiro atoms. The Balaban J connectivity index is 2.19. The van der Waals surface area contributed by atoms with Gasteiger partial charge in [0.25, 0.3) is 0 Å². The molecule has 0 amide bonds. The van der Waals surface area contributed by atoms with E-state index >= 15 is 0 Å². The number of anilines is 1. The molecular weight excluding hydrogens is 401 g/mol. The van der Waals surface area contributed by atoms with Crippen molar-refractivity contribution in [1.82, 2.24) is 0 Å². The lowest BCUT2D eigenvalue weighted by molar-refractivity contribution is 0.286. The van der Waals surface area contributed by atoms with Crippen molar-refractivity contribution in [3.8, 4) is 11.5 Å². The predicted octanol–water partition coefficient (Wildman–Crippen LogP) is 6.17. The quantitative estimate of drug-likeness (QED) is 0.583. The van der Waals surface area contributed by atoms with Crippen LogP contribution in [-0.4, -0.2) is 13.2 Å². The molecule has 0 radical (unpaired) electrons. The summed E-state index contributed by atoms with van der Waals surface area (Å²) in [5.41, 5.74) is 1.88. The Bertz CT molecular complexity index is 680. The number of halogens is 3. The van der Waals surface area contributed by atoms with Gasteiger partial charge in [-0.3, -0.25) is 0 Å². The van der Waals surface area contributed by atoms with Crippen LogP contribution in [0, 0.1) is 0 Å². The van der Waals surface area contributed by atoms with Crippen LogP contribution in [0.1, 0.15) is 19.4 Å². The summed E-state index contributed by atoms with van der Waals surface area (Å²) < 4.78 is 12.2. The Labute approximate surface area is 155 Å². The average molecular weight is 419 g/mol. The van der Waals surface area contributed by atoms with E-state index in [1.54, 1.807) is 12.1 Å². The molecule has 0 aromatic heterocycles. The fraction of sp³-hybridized carbons (Fsp3) is 0.294. The van der Waals surface area contributed by atoms with E-state index in [-0.39, 0.29) is 0 Å². The van der Waals surface area contributed by atoms with E-state index in [1.807, 2.05) is 32.0 Å². The van der Waals surface area contributed by atoms with Crippen molar-refractivity contribution in [3.05, 3.63) is 50.4 Å². The molecule has 2 aromatic carbocycles. The highest BCUT2D eigenvalue weighted by Gasteiger charge is 2.12. The highest BCUT2D eigenvalue weighted by molar-refractivity contribution is 9.10. The standard InChI is InChI=1S/C17H18BrCl2NO2/c1-3-22-16-8-11(7-13(18)17(16)23-4-2)10-21-15-6-5-12(19)9-14(15)20/h5-9,21H,3-4,10H2,1-2H3. The van der Waals surface area contributed by atoms with Crippen molar-refractivity contribution in [2.75, 3.05) is 18.5 Å². The Hall–Kier alpha value is -1.10. The molecule has 124 valence electrons. The second kappa shape index (κ2) is 8.67. The van der Waals surface area contributed by atoms with E-state index in [0.29, 0.717) is 29.8 Å². The molecule has 2 rings (SSSR count). The molecule has 0 unspecified atom stereocenters. The second-order valence-electron chi connectivity index (χ2n) is 4.75. The zero-order chi connectivity index (χ0) is 16.8. The van der Waals surface area contributed by atoms with Crippen LogP contribution in [0.5, 0.6) is 11.5 Å². The number of benzene rings is 2. The fourth-order valence-electron chi connectivity index (χ4n) is 2.10. The second-order valence-corrected chi connectivity index (χ2v) is 6.45. The molecule has 3 nitrogen and oxygen atoms in total. The monoisotopic (exact) mass is 417 g/mol. The van der Waals surface area contributed by atoms with Crippen LogP contribution in [0.4, 0.5) is 5.69 Å². The van der Waals surface area contributed by atoms with Crippen molar-refractivity contribution in [3.63, 3.8) is 0 Å². The maximum atomic E-state index is 6.17. The molecule has 6 heteroatoms. The predicted molar refractivity (Wildman–Crippen MR) is 100 cm³/mol. The van der Waals surface area contributed by atoms with E-state index in [9.17, 15) is 0 Å². The first-order chi connectivity index (χ1) is 11.0. The van der Waals surface area contributed by atoms with Gasteiger partial charge in [0.2, 0.25) is 0 Å². The Morgan fingerprint density at radius 2 is 1.78 bits per heavy atom. The number of hydrogen-bond donors (Lipinski definition) is 1. The highest BCUT2D eigenvalue weighted by atomic mass is 79.9. The molecule has 0 bridgehead atoms. The van der Waals surface area contributed by atoms with Gasteiger partial charge in [0.1, 0.15) is 0 Å². The largest absolute Gasteiger partial charge is 0.490 e. The topological polar surface area (TPSA) is 30.5 Å². The van der Waals surface area contributed by atoms with Crippen molar-refractivity contribution >= 4 is 44.8 Å². The van der Waals surface area contributed by atoms with Gasteiger partial charge < -0.3 is 14.8 Å². The molecule has 0 atom stereocenters. The summed E-state index contributed by atoms with van der Waals surface area (Å²) >= 11 is 15.6. The van der Waals surface area contributed by atoms with Crippen LogP contribution in [0.3, 0.4) is 0 Å². The Morgan fingerprint density at radius 3 is 2.43 bits per heavy atom.